The number of anilines is 1. The number of aromatic nitrogens is 3. The summed E-state index contributed by atoms with van der Waals surface area (Å²) in [6, 6.07) is 11.2. The van der Waals surface area contributed by atoms with Gasteiger partial charge in [0.2, 0.25) is 5.91 Å². The van der Waals surface area contributed by atoms with E-state index < -0.39 is 0 Å². The second-order valence-corrected chi connectivity index (χ2v) is 9.09. The predicted octanol–water partition coefficient (Wildman–Crippen LogP) is 3.89. The lowest BCUT2D eigenvalue weighted by Gasteiger charge is -2.33. The van der Waals surface area contributed by atoms with Crippen LogP contribution in [-0.4, -0.2) is 26.0 Å². The first-order valence-electron chi connectivity index (χ1n) is 10.2. The van der Waals surface area contributed by atoms with Gasteiger partial charge in [-0.1, -0.05) is 25.1 Å². The molecule has 1 aromatic carbocycles. The first kappa shape index (κ1) is 19.8. The number of hydrogen-bond donors (Lipinski definition) is 1. The summed E-state index contributed by atoms with van der Waals surface area (Å²) in [4.78, 5) is 35.6. The fraction of sp³-hybridized carbons (Fsp3) is 0.304. The van der Waals surface area contributed by atoms with E-state index in [4.69, 9.17) is 9.72 Å². The highest BCUT2D eigenvalue weighted by Crippen LogP contribution is 2.35. The van der Waals surface area contributed by atoms with Crippen LogP contribution < -0.4 is 10.9 Å². The number of carbonyl (C=O) groups is 1. The number of para-hydroxylation sites is 1. The number of pyridine rings is 1. The van der Waals surface area contributed by atoms with E-state index in [0.717, 1.165) is 34.3 Å². The van der Waals surface area contributed by atoms with Gasteiger partial charge >= 0.3 is 0 Å². The van der Waals surface area contributed by atoms with Crippen molar-refractivity contribution in [2.75, 3.05) is 5.32 Å². The van der Waals surface area contributed by atoms with Crippen molar-refractivity contribution in [3.8, 4) is 0 Å². The molecule has 1 aliphatic rings. The smallest absolute Gasteiger partial charge is 0.271 e. The quantitative estimate of drug-likeness (QED) is 0.527. The molecule has 4 heterocycles. The average Bonchev–Trinajstić information content (AvgIpc) is 3.13. The molecule has 1 unspecified atom stereocenters. The molecule has 158 valence electrons. The summed E-state index contributed by atoms with van der Waals surface area (Å²) >= 11 is 1.33. The van der Waals surface area contributed by atoms with Crippen molar-refractivity contribution in [3.63, 3.8) is 0 Å². The minimum absolute atomic E-state index is 0.0997. The number of rotatable bonds is 4. The first-order valence-corrected chi connectivity index (χ1v) is 11.1. The van der Waals surface area contributed by atoms with Gasteiger partial charge in [-0.15, -0.1) is 11.3 Å². The zero-order valence-corrected chi connectivity index (χ0v) is 18.2. The van der Waals surface area contributed by atoms with Crippen molar-refractivity contribution in [1.82, 2.24) is 14.5 Å². The summed E-state index contributed by atoms with van der Waals surface area (Å²) in [6.45, 7) is 4.63. The molecule has 31 heavy (non-hydrogen) atoms. The molecule has 5 rings (SSSR count). The normalized spacial score (nSPS) is 18.3. The van der Waals surface area contributed by atoms with Gasteiger partial charge in [0.1, 0.15) is 16.1 Å². The molecule has 4 aromatic rings. The lowest BCUT2D eigenvalue weighted by molar-refractivity contribution is -0.116. The Labute approximate surface area is 182 Å². The highest BCUT2D eigenvalue weighted by molar-refractivity contribution is 7.25. The van der Waals surface area contributed by atoms with Crippen molar-refractivity contribution in [2.24, 2.45) is 0 Å². The van der Waals surface area contributed by atoms with E-state index in [2.05, 4.69) is 24.1 Å². The number of nitrogens with one attached hydrogen (secondary N) is 1. The van der Waals surface area contributed by atoms with Crippen LogP contribution in [0.2, 0.25) is 0 Å². The fourth-order valence-corrected chi connectivity index (χ4v) is 4.90. The molecule has 1 atom stereocenters. The van der Waals surface area contributed by atoms with Gasteiger partial charge < -0.3 is 10.1 Å². The molecule has 0 spiro atoms. The number of amides is 1. The molecule has 1 N–H and O–H groups in total. The summed E-state index contributed by atoms with van der Waals surface area (Å²) < 4.78 is 7.90. The molecule has 8 heteroatoms. The molecule has 0 radical (unpaired) electrons. The number of thiophene rings is 1. The molecular formula is C23H22N4O3S. The molecule has 0 bridgehead atoms. The molecule has 3 aromatic heterocycles. The lowest BCUT2D eigenvalue weighted by atomic mass is 9.91. The Hall–Kier alpha value is -3.10. The Morgan fingerprint density at radius 1 is 1.32 bits per heavy atom. The molecular weight excluding hydrogens is 412 g/mol. The van der Waals surface area contributed by atoms with Crippen molar-refractivity contribution in [3.05, 3.63) is 64.3 Å². The van der Waals surface area contributed by atoms with Crippen molar-refractivity contribution >= 4 is 43.4 Å². The lowest BCUT2D eigenvalue weighted by Crippen LogP contribution is -2.35. The summed E-state index contributed by atoms with van der Waals surface area (Å²) in [7, 11) is 0. The van der Waals surface area contributed by atoms with Crippen LogP contribution in [-0.2, 0) is 29.1 Å². The van der Waals surface area contributed by atoms with E-state index in [-0.39, 0.29) is 23.6 Å². The summed E-state index contributed by atoms with van der Waals surface area (Å²) in [5.41, 5.74) is 2.95. The summed E-state index contributed by atoms with van der Waals surface area (Å²) in [6.07, 6.45) is 3.10. The Morgan fingerprint density at radius 3 is 2.90 bits per heavy atom. The SMILES string of the molecule is CCC1(C)Cc2nc3sc4c(=O)n(CC(=O)Nc5ccccc5)cnc4c3cc2CO1. The third kappa shape index (κ3) is 3.62. The van der Waals surface area contributed by atoms with E-state index in [9.17, 15) is 9.59 Å². The van der Waals surface area contributed by atoms with E-state index in [1.54, 1.807) is 12.1 Å². The Bertz CT molecular complexity index is 1360. The third-order valence-corrected chi connectivity index (χ3v) is 6.92. The van der Waals surface area contributed by atoms with E-state index in [0.29, 0.717) is 22.5 Å². The van der Waals surface area contributed by atoms with Crippen molar-refractivity contribution in [1.29, 1.82) is 0 Å². The predicted molar refractivity (Wildman–Crippen MR) is 121 cm³/mol. The number of benzene rings is 1. The van der Waals surface area contributed by atoms with Crippen LogP contribution in [0, 0.1) is 0 Å². The second-order valence-electron chi connectivity index (χ2n) is 8.09. The van der Waals surface area contributed by atoms with Crippen LogP contribution >= 0.6 is 11.3 Å². The molecule has 0 fully saturated rings. The molecule has 7 nitrogen and oxygen atoms in total. The largest absolute Gasteiger partial charge is 0.370 e. The number of fused-ring (bicyclic) bond motifs is 4. The third-order valence-electron chi connectivity index (χ3n) is 5.84. The molecule has 0 aliphatic carbocycles. The number of hydrogen-bond acceptors (Lipinski definition) is 6. The van der Waals surface area contributed by atoms with E-state index in [1.165, 1.54) is 22.2 Å². The Kier molecular flexibility index (Phi) is 4.83. The zero-order valence-electron chi connectivity index (χ0n) is 17.3. The molecule has 0 saturated carbocycles. The fourth-order valence-electron chi connectivity index (χ4n) is 3.82. The topological polar surface area (TPSA) is 86.1 Å². The standard InChI is InChI=1S/C23H22N4O3S/c1-3-23(2)10-17-14(12-30-23)9-16-19-20(31-21(16)26-17)22(29)27(13-24-19)11-18(28)25-15-7-5-4-6-8-15/h4-9,13H,3,10-12H2,1-2H3,(H,25,28). The maximum atomic E-state index is 13.1. The van der Waals surface area contributed by atoms with Gasteiger partial charge in [-0.2, -0.15) is 0 Å². The van der Waals surface area contributed by atoms with Crippen LogP contribution in [0.15, 0.2) is 47.5 Å². The van der Waals surface area contributed by atoms with Crippen LogP contribution in [0.3, 0.4) is 0 Å². The molecule has 0 saturated heterocycles. The number of ether oxygens (including phenoxy) is 1. The van der Waals surface area contributed by atoms with E-state index >= 15 is 0 Å². The van der Waals surface area contributed by atoms with Gasteiger partial charge in [-0.25, -0.2) is 9.97 Å². The van der Waals surface area contributed by atoms with Crippen LogP contribution in [0.1, 0.15) is 31.5 Å². The minimum Gasteiger partial charge on any atom is -0.370 e. The first-order chi connectivity index (χ1) is 15.0. The second kappa shape index (κ2) is 7.55. The van der Waals surface area contributed by atoms with Crippen LogP contribution in [0.25, 0.3) is 20.4 Å². The van der Waals surface area contributed by atoms with Crippen molar-refractivity contribution in [2.45, 2.75) is 45.4 Å². The van der Waals surface area contributed by atoms with Gasteiger partial charge in [0.25, 0.3) is 5.56 Å². The maximum Gasteiger partial charge on any atom is 0.271 e. The minimum atomic E-state index is -0.278. The van der Waals surface area contributed by atoms with Gasteiger partial charge in [0, 0.05) is 23.1 Å². The number of carbonyl (C=O) groups excluding carboxylic acids is 1. The monoisotopic (exact) mass is 434 g/mol. The van der Waals surface area contributed by atoms with Gasteiger partial charge in [-0.05, 0) is 31.5 Å². The highest BCUT2D eigenvalue weighted by Gasteiger charge is 2.31. The number of nitrogens with zero attached hydrogens (tertiary/aromatic N) is 3. The highest BCUT2D eigenvalue weighted by atomic mass is 32.1. The summed E-state index contributed by atoms with van der Waals surface area (Å²) in [5, 5.41) is 3.65. The maximum absolute atomic E-state index is 13.1. The van der Waals surface area contributed by atoms with Crippen LogP contribution in [0.5, 0.6) is 0 Å². The van der Waals surface area contributed by atoms with Gasteiger partial charge in [0.15, 0.2) is 0 Å². The Balaban J connectivity index is 1.49. The van der Waals surface area contributed by atoms with E-state index in [1.807, 2.05) is 24.3 Å². The van der Waals surface area contributed by atoms with Gasteiger partial charge in [0.05, 0.1) is 29.7 Å². The zero-order chi connectivity index (χ0) is 21.6. The Morgan fingerprint density at radius 2 is 2.13 bits per heavy atom. The molecule has 1 amide bonds. The molecule has 1 aliphatic heterocycles. The average molecular weight is 435 g/mol. The van der Waals surface area contributed by atoms with Crippen molar-refractivity contribution < 1.29 is 9.53 Å². The summed E-state index contributed by atoms with van der Waals surface area (Å²) in [5.74, 6) is -0.278. The van der Waals surface area contributed by atoms with Gasteiger partial charge in [-0.3, -0.25) is 14.2 Å². The van der Waals surface area contributed by atoms with Crippen LogP contribution in [0.4, 0.5) is 5.69 Å².